The highest BCUT2D eigenvalue weighted by Gasteiger charge is 2.22. The summed E-state index contributed by atoms with van der Waals surface area (Å²) >= 11 is 0. The molecule has 0 aromatic heterocycles. The third kappa shape index (κ3) is 3.88. The highest BCUT2D eigenvalue weighted by atomic mass is 16.6. The fourth-order valence-corrected chi connectivity index (χ4v) is 1.68. The first-order valence-corrected chi connectivity index (χ1v) is 6.60. The summed E-state index contributed by atoms with van der Waals surface area (Å²) in [6, 6.07) is 16.4. The van der Waals surface area contributed by atoms with E-state index in [2.05, 4.69) is 16.3 Å². The minimum atomic E-state index is 0.251. The van der Waals surface area contributed by atoms with E-state index in [1.165, 1.54) is 0 Å². The molecule has 1 heterocycles. The molecule has 21 heavy (non-hydrogen) atoms. The monoisotopic (exact) mass is 279 g/mol. The summed E-state index contributed by atoms with van der Waals surface area (Å²) in [7, 11) is 0. The van der Waals surface area contributed by atoms with E-state index >= 15 is 0 Å². The molecule has 0 aliphatic carbocycles. The van der Waals surface area contributed by atoms with Crippen molar-refractivity contribution in [3.8, 4) is 11.8 Å². The topological polar surface area (TPSA) is 70.3 Å². The first-order chi connectivity index (χ1) is 10.3. The van der Waals surface area contributed by atoms with Crippen LogP contribution in [0.25, 0.3) is 0 Å². The van der Waals surface area contributed by atoms with Gasteiger partial charge in [-0.15, -0.1) is 0 Å². The van der Waals surface area contributed by atoms with Crippen LogP contribution in [-0.4, -0.2) is 19.3 Å². The molecule has 0 radical (unpaired) electrons. The van der Waals surface area contributed by atoms with Gasteiger partial charge in [0, 0.05) is 0 Å². The van der Waals surface area contributed by atoms with Gasteiger partial charge in [-0.2, -0.15) is 15.5 Å². The first-order valence-electron chi connectivity index (χ1n) is 6.60. The van der Waals surface area contributed by atoms with Crippen LogP contribution in [0.15, 0.2) is 58.8 Å². The molecule has 2 aromatic carbocycles. The van der Waals surface area contributed by atoms with Gasteiger partial charge in [-0.25, -0.2) is 0 Å². The van der Waals surface area contributed by atoms with Gasteiger partial charge < -0.3 is 9.47 Å². The van der Waals surface area contributed by atoms with E-state index in [9.17, 15) is 0 Å². The second-order valence-electron chi connectivity index (χ2n) is 4.62. The molecule has 0 spiro atoms. The summed E-state index contributed by atoms with van der Waals surface area (Å²) in [4.78, 5) is 0. The van der Waals surface area contributed by atoms with Gasteiger partial charge >= 0.3 is 0 Å². The van der Waals surface area contributed by atoms with E-state index in [4.69, 9.17) is 14.7 Å². The standard InChI is InChI=1S/C16H13N3O2/c17-9-12-1-3-13(4-2-12)18-19-14-5-7-15(8-6-14)20-10-16-11-21-16/h1-8,16H,10-11H2. The number of hydrogen-bond donors (Lipinski definition) is 0. The van der Waals surface area contributed by atoms with E-state index in [0.29, 0.717) is 17.9 Å². The Morgan fingerprint density at radius 2 is 1.62 bits per heavy atom. The predicted molar refractivity (Wildman–Crippen MR) is 77.0 cm³/mol. The maximum Gasteiger partial charge on any atom is 0.119 e. The van der Waals surface area contributed by atoms with Gasteiger partial charge in [0.05, 0.1) is 29.6 Å². The Bertz CT molecular complexity index is 668. The molecule has 2 aromatic rings. The minimum Gasteiger partial charge on any atom is -0.491 e. The van der Waals surface area contributed by atoms with Crippen molar-refractivity contribution in [2.75, 3.05) is 13.2 Å². The molecule has 1 atom stereocenters. The van der Waals surface area contributed by atoms with Gasteiger partial charge in [0.25, 0.3) is 0 Å². The molecule has 1 aliphatic rings. The molecule has 1 saturated heterocycles. The zero-order chi connectivity index (χ0) is 14.5. The van der Waals surface area contributed by atoms with Crippen LogP contribution in [0.4, 0.5) is 11.4 Å². The van der Waals surface area contributed by atoms with Gasteiger partial charge in [-0.1, -0.05) is 0 Å². The van der Waals surface area contributed by atoms with Crippen molar-refractivity contribution in [1.29, 1.82) is 5.26 Å². The summed E-state index contributed by atoms with van der Waals surface area (Å²) in [6.07, 6.45) is 0.251. The molecular weight excluding hydrogens is 266 g/mol. The number of rotatable bonds is 5. The zero-order valence-corrected chi connectivity index (χ0v) is 11.3. The number of benzene rings is 2. The van der Waals surface area contributed by atoms with Gasteiger partial charge in [0.2, 0.25) is 0 Å². The van der Waals surface area contributed by atoms with Crippen LogP contribution in [0.5, 0.6) is 5.75 Å². The van der Waals surface area contributed by atoms with Crippen molar-refractivity contribution in [2.24, 2.45) is 10.2 Å². The number of ether oxygens (including phenoxy) is 2. The predicted octanol–water partition coefficient (Wildman–Crippen LogP) is 3.75. The molecular formula is C16H13N3O2. The summed E-state index contributed by atoms with van der Waals surface area (Å²) in [5.74, 6) is 0.794. The Balaban J connectivity index is 1.60. The Morgan fingerprint density at radius 1 is 1.05 bits per heavy atom. The van der Waals surface area contributed by atoms with Gasteiger partial charge in [0.1, 0.15) is 18.5 Å². The molecule has 5 heteroatoms. The molecule has 1 fully saturated rings. The largest absolute Gasteiger partial charge is 0.491 e. The molecule has 104 valence electrons. The van der Waals surface area contributed by atoms with E-state index in [1.54, 1.807) is 24.3 Å². The van der Waals surface area contributed by atoms with Crippen LogP contribution in [-0.2, 0) is 4.74 Å². The lowest BCUT2D eigenvalue weighted by Crippen LogP contribution is -2.03. The third-order valence-electron chi connectivity index (χ3n) is 2.95. The van der Waals surface area contributed by atoms with Crippen molar-refractivity contribution in [1.82, 2.24) is 0 Å². The third-order valence-corrected chi connectivity index (χ3v) is 2.95. The van der Waals surface area contributed by atoms with Crippen LogP contribution in [0, 0.1) is 11.3 Å². The van der Waals surface area contributed by atoms with E-state index < -0.39 is 0 Å². The first kappa shape index (κ1) is 13.3. The summed E-state index contributed by atoms with van der Waals surface area (Å²) in [6.45, 7) is 1.38. The number of nitrogens with zero attached hydrogens (tertiary/aromatic N) is 3. The Morgan fingerprint density at radius 3 is 2.14 bits per heavy atom. The molecule has 1 unspecified atom stereocenters. The number of epoxide rings is 1. The summed E-state index contributed by atoms with van der Waals surface area (Å²) < 4.78 is 10.6. The van der Waals surface area contributed by atoms with Crippen LogP contribution >= 0.6 is 0 Å². The van der Waals surface area contributed by atoms with E-state index in [0.717, 1.165) is 18.0 Å². The lowest BCUT2D eigenvalue weighted by atomic mass is 10.2. The van der Waals surface area contributed by atoms with Crippen molar-refractivity contribution >= 4 is 11.4 Å². The fraction of sp³-hybridized carbons (Fsp3) is 0.188. The number of hydrogen-bond acceptors (Lipinski definition) is 5. The SMILES string of the molecule is N#Cc1ccc(N=Nc2ccc(OCC3CO3)cc2)cc1. The quantitative estimate of drug-likeness (QED) is 0.618. The van der Waals surface area contributed by atoms with Gasteiger partial charge in [-0.3, -0.25) is 0 Å². The maximum absolute atomic E-state index is 8.72. The minimum absolute atomic E-state index is 0.251. The fourth-order valence-electron chi connectivity index (χ4n) is 1.68. The lowest BCUT2D eigenvalue weighted by Gasteiger charge is -2.03. The van der Waals surface area contributed by atoms with Crippen LogP contribution in [0.1, 0.15) is 5.56 Å². The highest BCUT2D eigenvalue weighted by Crippen LogP contribution is 2.22. The van der Waals surface area contributed by atoms with E-state index in [-0.39, 0.29) is 6.10 Å². The van der Waals surface area contributed by atoms with Crippen molar-refractivity contribution in [3.05, 3.63) is 54.1 Å². The molecule has 0 N–H and O–H groups in total. The van der Waals surface area contributed by atoms with E-state index in [1.807, 2.05) is 24.3 Å². The normalized spacial score (nSPS) is 16.6. The zero-order valence-electron chi connectivity index (χ0n) is 11.3. The molecule has 0 saturated carbocycles. The Labute approximate surface area is 122 Å². The second-order valence-corrected chi connectivity index (χ2v) is 4.62. The summed E-state index contributed by atoms with van der Waals surface area (Å²) in [5, 5.41) is 17.0. The molecule has 0 bridgehead atoms. The van der Waals surface area contributed by atoms with Crippen molar-refractivity contribution in [2.45, 2.75) is 6.10 Å². The van der Waals surface area contributed by atoms with Gasteiger partial charge in [0.15, 0.2) is 0 Å². The van der Waals surface area contributed by atoms with Crippen LogP contribution in [0.2, 0.25) is 0 Å². The summed E-state index contributed by atoms with van der Waals surface area (Å²) in [5.41, 5.74) is 2.06. The molecule has 1 aliphatic heterocycles. The Hall–Kier alpha value is -2.71. The lowest BCUT2D eigenvalue weighted by molar-refractivity contribution is 0.263. The van der Waals surface area contributed by atoms with Crippen molar-refractivity contribution in [3.63, 3.8) is 0 Å². The maximum atomic E-state index is 8.72. The Kier molecular flexibility index (Phi) is 3.90. The number of nitriles is 1. The molecule has 5 nitrogen and oxygen atoms in total. The van der Waals surface area contributed by atoms with Crippen LogP contribution < -0.4 is 4.74 Å². The average molecular weight is 279 g/mol. The second kappa shape index (κ2) is 6.16. The highest BCUT2D eigenvalue weighted by molar-refractivity contribution is 5.44. The molecule has 3 rings (SSSR count). The van der Waals surface area contributed by atoms with Crippen LogP contribution in [0.3, 0.4) is 0 Å². The van der Waals surface area contributed by atoms with Gasteiger partial charge in [-0.05, 0) is 48.5 Å². The van der Waals surface area contributed by atoms with Crippen molar-refractivity contribution < 1.29 is 9.47 Å². The molecule has 0 amide bonds. The smallest absolute Gasteiger partial charge is 0.119 e. The average Bonchev–Trinajstić information content (AvgIpc) is 3.37. The number of azo groups is 1.